The zero-order valence-corrected chi connectivity index (χ0v) is 15.9. The molecular formula is C21H19ClN4O2. The molecule has 0 saturated carbocycles. The number of rotatable bonds is 4. The fraction of sp³-hybridized carbons (Fsp3) is 0.190. The van der Waals surface area contributed by atoms with Gasteiger partial charge < -0.3 is 15.0 Å². The summed E-state index contributed by atoms with van der Waals surface area (Å²) in [7, 11) is 0. The Morgan fingerprint density at radius 1 is 1.14 bits per heavy atom. The number of benzene rings is 1. The molecule has 0 aliphatic carbocycles. The number of pyridine rings is 1. The first-order chi connectivity index (χ1) is 13.6. The molecule has 1 aliphatic rings. The maximum absolute atomic E-state index is 11.6. The summed E-state index contributed by atoms with van der Waals surface area (Å²) in [5.41, 5.74) is 2.97. The zero-order valence-electron chi connectivity index (χ0n) is 15.2. The third kappa shape index (κ3) is 3.77. The molecule has 2 aromatic heterocycles. The Morgan fingerprint density at radius 3 is 2.71 bits per heavy atom. The highest BCUT2D eigenvalue weighted by molar-refractivity contribution is 6.30. The third-order valence-electron chi connectivity index (χ3n) is 4.83. The monoisotopic (exact) mass is 394 g/mol. The molecule has 7 heteroatoms. The van der Waals surface area contributed by atoms with Crippen molar-refractivity contribution in [3.63, 3.8) is 0 Å². The van der Waals surface area contributed by atoms with Crippen molar-refractivity contribution in [2.75, 3.05) is 18.0 Å². The van der Waals surface area contributed by atoms with Crippen molar-refractivity contribution in [3.8, 4) is 0 Å². The summed E-state index contributed by atoms with van der Waals surface area (Å²) >= 11 is 6.00. The van der Waals surface area contributed by atoms with Gasteiger partial charge in [-0.25, -0.2) is 0 Å². The summed E-state index contributed by atoms with van der Waals surface area (Å²) in [6.45, 7) is 1.42. The molecule has 1 saturated heterocycles. The lowest BCUT2D eigenvalue weighted by Crippen LogP contribution is -2.31. The number of fused-ring (bicyclic) bond motifs is 1. The number of aromatic nitrogens is 2. The Labute approximate surface area is 167 Å². The van der Waals surface area contributed by atoms with Gasteiger partial charge in [-0.2, -0.15) is 9.38 Å². The van der Waals surface area contributed by atoms with Crippen molar-refractivity contribution < 1.29 is 4.92 Å². The lowest BCUT2D eigenvalue weighted by molar-refractivity contribution is -0.389. The Hall–Kier alpha value is -3.12. The summed E-state index contributed by atoms with van der Waals surface area (Å²) in [6, 6.07) is 13.1. The minimum absolute atomic E-state index is 0.0314. The second-order valence-corrected chi connectivity index (χ2v) is 7.11. The summed E-state index contributed by atoms with van der Waals surface area (Å²) < 4.78 is 1.54. The van der Waals surface area contributed by atoms with Crippen LogP contribution < -0.4 is 4.90 Å². The van der Waals surface area contributed by atoms with Gasteiger partial charge >= 0.3 is 5.82 Å². The van der Waals surface area contributed by atoms with E-state index in [0.29, 0.717) is 24.6 Å². The van der Waals surface area contributed by atoms with Crippen LogP contribution in [0.25, 0.3) is 11.7 Å². The van der Waals surface area contributed by atoms with E-state index in [4.69, 9.17) is 11.6 Å². The normalized spacial score (nSPS) is 14.8. The Bertz CT molecular complexity index is 1080. The second-order valence-electron chi connectivity index (χ2n) is 6.67. The van der Waals surface area contributed by atoms with Crippen LogP contribution in [0, 0.1) is 10.1 Å². The predicted molar refractivity (Wildman–Crippen MR) is 112 cm³/mol. The van der Waals surface area contributed by atoms with Crippen LogP contribution in [-0.2, 0) is 0 Å². The topological polar surface area (TPSA) is 63.7 Å². The quantitative estimate of drug-likeness (QED) is 0.454. The van der Waals surface area contributed by atoms with Gasteiger partial charge in [-0.05, 0) is 41.5 Å². The van der Waals surface area contributed by atoms with Crippen molar-refractivity contribution in [1.29, 1.82) is 0 Å². The minimum Gasteiger partial charge on any atom is -0.358 e. The molecular weight excluding hydrogens is 376 g/mol. The highest BCUT2D eigenvalue weighted by Crippen LogP contribution is 2.31. The maximum atomic E-state index is 11.6. The number of anilines is 1. The van der Waals surface area contributed by atoms with Gasteiger partial charge in [0.25, 0.3) is 0 Å². The number of hydrogen-bond donors (Lipinski definition) is 0. The van der Waals surface area contributed by atoms with Crippen LogP contribution in [0.15, 0.2) is 66.4 Å². The van der Waals surface area contributed by atoms with Gasteiger partial charge in [-0.1, -0.05) is 53.6 Å². The predicted octanol–water partition coefficient (Wildman–Crippen LogP) is 5.14. The SMILES string of the molecule is O=[N+]([O-])c1c(N2CCC(=C/C=C/c3cccc(Cl)c3)CC2)nc2ccccn12. The summed E-state index contributed by atoms with van der Waals surface area (Å²) in [6.07, 6.45) is 9.56. The minimum atomic E-state index is -0.353. The highest BCUT2D eigenvalue weighted by Gasteiger charge is 2.28. The summed E-state index contributed by atoms with van der Waals surface area (Å²) in [5, 5.41) is 12.3. The first-order valence-electron chi connectivity index (χ1n) is 9.10. The van der Waals surface area contributed by atoms with E-state index < -0.39 is 0 Å². The van der Waals surface area contributed by atoms with Gasteiger partial charge in [0, 0.05) is 24.2 Å². The average Bonchev–Trinajstić information content (AvgIpc) is 3.08. The van der Waals surface area contributed by atoms with E-state index in [-0.39, 0.29) is 10.7 Å². The molecule has 28 heavy (non-hydrogen) atoms. The van der Waals surface area contributed by atoms with Crippen LogP contribution in [-0.4, -0.2) is 27.4 Å². The van der Waals surface area contributed by atoms with Gasteiger partial charge in [0.05, 0.1) is 6.20 Å². The number of piperidine rings is 1. The van der Waals surface area contributed by atoms with E-state index in [1.54, 1.807) is 18.3 Å². The van der Waals surface area contributed by atoms with Crippen LogP contribution in [0.1, 0.15) is 18.4 Å². The number of imidazole rings is 1. The molecule has 0 N–H and O–H groups in total. The first-order valence-corrected chi connectivity index (χ1v) is 9.48. The van der Waals surface area contributed by atoms with Crippen molar-refractivity contribution >= 4 is 35.0 Å². The fourth-order valence-corrected chi connectivity index (χ4v) is 3.63. The molecule has 0 radical (unpaired) electrons. The van der Waals surface area contributed by atoms with Crippen molar-refractivity contribution in [2.24, 2.45) is 0 Å². The molecule has 4 rings (SSSR count). The number of allylic oxidation sites excluding steroid dienone is 2. The number of hydrogen-bond acceptors (Lipinski definition) is 4. The van der Waals surface area contributed by atoms with Crippen LogP contribution in [0.4, 0.5) is 11.6 Å². The number of nitro groups is 1. The lowest BCUT2D eigenvalue weighted by atomic mass is 10.0. The second kappa shape index (κ2) is 7.86. The van der Waals surface area contributed by atoms with Crippen molar-refractivity contribution in [1.82, 2.24) is 9.38 Å². The van der Waals surface area contributed by atoms with Gasteiger partial charge in [0.1, 0.15) is 0 Å². The number of nitrogens with zero attached hydrogens (tertiary/aromatic N) is 4. The molecule has 1 fully saturated rings. The third-order valence-corrected chi connectivity index (χ3v) is 5.07. The molecule has 3 aromatic rings. The molecule has 0 atom stereocenters. The molecule has 6 nitrogen and oxygen atoms in total. The fourth-order valence-electron chi connectivity index (χ4n) is 3.43. The van der Waals surface area contributed by atoms with E-state index in [1.165, 1.54) is 9.97 Å². The van der Waals surface area contributed by atoms with Gasteiger partial charge in [-0.15, -0.1) is 0 Å². The van der Waals surface area contributed by atoms with E-state index in [2.05, 4.69) is 11.1 Å². The Balaban J connectivity index is 1.48. The van der Waals surface area contributed by atoms with Crippen molar-refractivity contribution in [2.45, 2.75) is 12.8 Å². The maximum Gasteiger partial charge on any atom is 0.372 e. The van der Waals surface area contributed by atoms with E-state index in [1.807, 2.05) is 47.4 Å². The molecule has 0 bridgehead atoms. The zero-order chi connectivity index (χ0) is 19.5. The first kappa shape index (κ1) is 18.3. The van der Waals surface area contributed by atoms with E-state index in [9.17, 15) is 10.1 Å². The van der Waals surface area contributed by atoms with Crippen molar-refractivity contribution in [3.05, 3.63) is 87.1 Å². The van der Waals surface area contributed by atoms with Gasteiger partial charge in [0.15, 0.2) is 0 Å². The molecule has 0 spiro atoms. The standard InChI is InChI=1S/C21H19ClN4O2/c22-18-8-4-7-17(15-18)6-3-5-16-10-13-24(14-11-16)20-21(26(27)28)25-12-2-1-9-19(25)23-20/h1-9,12,15H,10-11,13-14H2/b6-3+. The molecule has 0 amide bonds. The highest BCUT2D eigenvalue weighted by atomic mass is 35.5. The van der Waals surface area contributed by atoms with Crippen LogP contribution in [0.2, 0.25) is 5.02 Å². The van der Waals surface area contributed by atoms with Gasteiger partial charge in [-0.3, -0.25) is 0 Å². The lowest BCUT2D eigenvalue weighted by Gasteiger charge is -2.27. The van der Waals surface area contributed by atoms with E-state index >= 15 is 0 Å². The summed E-state index contributed by atoms with van der Waals surface area (Å²) in [5.74, 6) is 0.480. The largest absolute Gasteiger partial charge is 0.372 e. The molecule has 142 valence electrons. The van der Waals surface area contributed by atoms with Crippen LogP contribution in [0.5, 0.6) is 0 Å². The Morgan fingerprint density at radius 2 is 1.96 bits per heavy atom. The van der Waals surface area contributed by atoms with Crippen LogP contribution in [0.3, 0.4) is 0 Å². The molecule has 1 aromatic carbocycles. The number of halogens is 1. The summed E-state index contributed by atoms with van der Waals surface area (Å²) in [4.78, 5) is 17.7. The molecule has 1 aliphatic heterocycles. The smallest absolute Gasteiger partial charge is 0.358 e. The molecule has 3 heterocycles. The molecule has 0 unspecified atom stereocenters. The van der Waals surface area contributed by atoms with E-state index in [0.717, 1.165) is 23.4 Å². The van der Waals surface area contributed by atoms with Crippen LogP contribution >= 0.6 is 11.6 Å². The average molecular weight is 395 g/mol. The Kier molecular flexibility index (Phi) is 5.12. The van der Waals surface area contributed by atoms with Gasteiger partial charge in [0.2, 0.25) is 11.5 Å².